The Morgan fingerprint density at radius 3 is 2.78 bits per heavy atom. The molecular weight excluding hydrogens is 226 g/mol. The van der Waals surface area contributed by atoms with Crippen molar-refractivity contribution in [3.05, 3.63) is 42.2 Å². The first-order valence-corrected chi connectivity index (χ1v) is 6.24. The topological polar surface area (TPSA) is 39.1 Å². The second kappa shape index (κ2) is 4.82. The van der Waals surface area contributed by atoms with E-state index in [1.165, 1.54) is 18.4 Å². The molecule has 4 heteroatoms. The van der Waals surface area contributed by atoms with Gasteiger partial charge in [0, 0.05) is 31.2 Å². The normalized spacial score (nSPS) is 14.7. The highest BCUT2D eigenvalue weighted by Gasteiger charge is 2.25. The Morgan fingerprint density at radius 1 is 1.33 bits per heavy atom. The Morgan fingerprint density at radius 2 is 2.11 bits per heavy atom. The molecular formula is C14H17N3O. The van der Waals surface area contributed by atoms with E-state index in [1.807, 2.05) is 12.4 Å². The first-order chi connectivity index (χ1) is 8.86. The van der Waals surface area contributed by atoms with Gasteiger partial charge < -0.3 is 14.6 Å². The van der Waals surface area contributed by atoms with Gasteiger partial charge in [0.2, 0.25) is 5.95 Å². The molecule has 0 radical (unpaired) electrons. The maximum absolute atomic E-state index is 5.10. The molecule has 94 valence electrons. The lowest BCUT2D eigenvalue weighted by atomic mass is 10.2. The highest BCUT2D eigenvalue weighted by molar-refractivity contribution is 5.54. The van der Waals surface area contributed by atoms with Crippen molar-refractivity contribution in [3.8, 4) is 0 Å². The maximum Gasteiger partial charge on any atom is 0.207 e. The Bertz CT molecular complexity index is 514. The Labute approximate surface area is 107 Å². The Balaban J connectivity index is 1.73. The summed E-state index contributed by atoms with van der Waals surface area (Å²) < 4.78 is 7.31. The van der Waals surface area contributed by atoms with Gasteiger partial charge >= 0.3 is 0 Å². The van der Waals surface area contributed by atoms with Crippen LogP contribution < -0.4 is 5.32 Å². The van der Waals surface area contributed by atoms with Crippen molar-refractivity contribution in [3.63, 3.8) is 0 Å². The number of nitrogens with zero attached hydrogens (tertiary/aromatic N) is 2. The number of aromatic nitrogens is 2. The van der Waals surface area contributed by atoms with Crippen LogP contribution in [-0.4, -0.2) is 16.7 Å². The van der Waals surface area contributed by atoms with Gasteiger partial charge in [-0.2, -0.15) is 0 Å². The van der Waals surface area contributed by atoms with Gasteiger partial charge in [-0.05, 0) is 30.5 Å². The summed E-state index contributed by atoms with van der Waals surface area (Å²) in [6, 6.07) is 8.88. The van der Waals surface area contributed by atoms with Gasteiger partial charge in [-0.25, -0.2) is 4.98 Å². The number of anilines is 2. The highest BCUT2D eigenvalue weighted by Crippen LogP contribution is 2.37. The summed E-state index contributed by atoms with van der Waals surface area (Å²) in [6.07, 6.45) is 6.41. The summed E-state index contributed by atoms with van der Waals surface area (Å²) in [4.78, 5) is 4.36. The predicted molar refractivity (Wildman–Crippen MR) is 70.9 cm³/mol. The summed E-state index contributed by atoms with van der Waals surface area (Å²) in [5.74, 6) is 0.928. The maximum atomic E-state index is 5.10. The van der Waals surface area contributed by atoms with E-state index >= 15 is 0 Å². The summed E-state index contributed by atoms with van der Waals surface area (Å²) in [5.41, 5.74) is 2.23. The average molecular weight is 243 g/mol. The largest absolute Gasteiger partial charge is 0.380 e. The zero-order chi connectivity index (χ0) is 12.4. The van der Waals surface area contributed by atoms with Gasteiger partial charge in [-0.3, -0.25) is 0 Å². The molecule has 0 bridgehead atoms. The van der Waals surface area contributed by atoms with Crippen LogP contribution in [-0.2, 0) is 11.3 Å². The van der Waals surface area contributed by atoms with Gasteiger partial charge in [-0.15, -0.1) is 0 Å². The van der Waals surface area contributed by atoms with Crippen molar-refractivity contribution in [2.75, 3.05) is 12.4 Å². The van der Waals surface area contributed by atoms with Crippen molar-refractivity contribution < 1.29 is 4.74 Å². The molecule has 0 unspecified atom stereocenters. The first-order valence-electron chi connectivity index (χ1n) is 6.24. The molecule has 1 aliphatic rings. The predicted octanol–water partition coefficient (Wildman–Crippen LogP) is 3.11. The first kappa shape index (κ1) is 11.3. The standard InChI is InChI=1S/C14H17N3O/c1-18-10-11-2-4-12(5-3-11)16-14-15-8-9-17(14)13-6-7-13/h2-5,8-9,13H,6-7,10H2,1H3,(H,15,16). The van der Waals surface area contributed by atoms with E-state index in [4.69, 9.17) is 4.74 Å². The van der Waals surface area contributed by atoms with Crippen molar-refractivity contribution in [2.45, 2.75) is 25.5 Å². The summed E-state index contributed by atoms with van der Waals surface area (Å²) in [7, 11) is 1.71. The van der Waals surface area contributed by atoms with E-state index in [9.17, 15) is 0 Å². The van der Waals surface area contributed by atoms with E-state index in [1.54, 1.807) is 7.11 Å². The van der Waals surface area contributed by atoms with Crippen LogP contribution >= 0.6 is 0 Å². The van der Waals surface area contributed by atoms with E-state index in [0.29, 0.717) is 12.6 Å². The van der Waals surface area contributed by atoms with Gasteiger partial charge in [0.1, 0.15) is 0 Å². The molecule has 18 heavy (non-hydrogen) atoms. The lowest BCUT2D eigenvalue weighted by Crippen LogP contribution is -2.01. The molecule has 0 spiro atoms. The van der Waals surface area contributed by atoms with Crippen molar-refractivity contribution >= 4 is 11.6 Å². The third-order valence-corrected chi connectivity index (χ3v) is 3.13. The smallest absolute Gasteiger partial charge is 0.207 e. The average Bonchev–Trinajstić information content (AvgIpc) is 3.13. The van der Waals surface area contributed by atoms with Crippen LogP contribution in [0.2, 0.25) is 0 Å². The van der Waals surface area contributed by atoms with Gasteiger partial charge in [0.25, 0.3) is 0 Å². The Hall–Kier alpha value is -1.81. The number of hydrogen-bond acceptors (Lipinski definition) is 3. The SMILES string of the molecule is COCc1ccc(Nc2nccn2C2CC2)cc1. The minimum absolute atomic E-state index is 0.641. The molecule has 0 atom stereocenters. The van der Waals surface area contributed by atoms with Gasteiger partial charge in [0.05, 0.1) is 6.61 Å². The fourth-order valence-electron chi connectivity index (χ4n) is 2.04. The third-order valence-electron chi connectivity index (χ3n) is 3.13. The van der Waals surface area contributed by atoms with Crippen LogP contribution in [0.25, 0.3) is 0 Å². The molecule has 2 aromatic rings. The fraction of sp³-hybridized carbons (Fsp3) is 0.357. The molecule has 1 heterocycles. The molecule has 1 fully saturated rings. The summed E-state index contributed by atoms with van der Waals surface area (Å²) >= 11 is 0. The second-order valence-electron chi connectivity index (χ2n) is 4.64. The molecule has 0 amide bonds. The molecule has 4 nitrogen and oxygen atoms in total. The number of ether oxygens (including phenoxy) is 1. The third kappa shape index (κ3) is 2.38. The van der Waals surface area contributed by atoms with E-state index in [0.717, 1.165) is 11.6 Å². The lowest BCUT2D eigenvalue weighted by molar-refractivity contribution is 0.185. The van der Waals surface area contributed by atoms with Crippen molar-refractivity contribution in [1.82, 2.24) is 9.55 Å². The number of rotatable bonds is 5. The minimum Gasteiger partial charge on any atom is -0.380 e. The van der Waals surface area contributed by atoms with Gasteiger partial charge in [0.15, 0.2) is 0 Å². The highest BCUT2D eigenvalue weighted by atomic mass is 16.5. The van der Waals surface area contributed by atoms with Crippen molar-refractivity contribution in [1.29, 1.82) is 0 Å². The molecule has 3 rings (SSSR count). The Kier molecular flexibility index (Phi) is 3.02. The number of benzene rings is 1. The number of hydrogen-bond donors (Lipinski definition) is 1. The second-order valence-corrected chi connectivity index (χ2v) is 4.64. The number of imidazole rings is 1. The quantitative estimate of drug-likeness (QED) is 0.877. The molecule has 0 saturated heterocycles. The molecule has 1 saturated carbocycles. The molecule has 1 aromatic heterocycles. The molecule has 0 aliphatic heterocycles. The molecule has 1 aromatic carbocycles. The van der Waals surface area contributed by atoms with E-state index in [2.05, 4.69) is 39.1 Å². The van der Waals surface area contributed by atoms with E-state index in [-0.39, 0.29) is 0 Å². The van der Waals surface area contributed by atoms with Crippen LogP contribution in [0.1, 0.15) is 24.4 Å². The molecule has 1 aliphatic carbocycles. The lowest BCUT2D eigenvalue weighted by Gasteiger charge is -2.09. The van der Waals surface area contributed by atoms with Gasteiger partial charge in [-0.1, -0.05) is 12.1 Å². The van der Waals surface area contributed by atoms with Crippen molar-refractivity contribution in [2.24, 2.45) is 0 Å². The molecule has 1 N–H and O–H groups in total. The summed E-state index contributed by atoms with van der Waals surface area (Å²) in [6.45, 7) is 0.650. The van der Waals surface area contributed by atoms with Crippen LogP contribution in [0.4, 0.5) is 11.6 Å². The number of methoxy groups -OCH3 is 1. The van der Waals surface area contributed by atoms with E-state index < -0.39 is 0 Å². The number of nitrogens with one attached hydrogen (secondary N) is 1. The van der Waals surface area contributed by atoms with Crippen LogP contribution in [0.15, 0.2) is 36.7 Å². The minimum atomic E-state index is 0.641. The fourth-order valence-corrected chi connectivity index (χ4v) is 2.04. The monoisotopic (exact) mass is 243 g/mol. The van der Waals surface area contributed by atoms with Crippen LogP contribution in [0.3, 0.4) is 0 Å². The zero-order valence-electron chi connectivity index (χ0n) is 10.5. The zero-order valence-corrected chi connectivity index (χ0v) is 10.5. The summed E-state index contributed by atoms with van der Waals surface area (Å²) in [5, 5.41) is 3.35. The van der Waals surface area contributed by atoms with Crippen LogP contribution in [0.5, 0.6) is 0 Å². The van der Waals surface area contributed by atoms with Crippen LogP contribution in [0, 0.1) is 0 Å².